The number of fused-ring (bicyclic) bond motifs is 2. The number of nitrogens with zero attached hydrogens (tertiary/aromatic N) is 4. The van der Waals surface area contributed by atoms with Crippen LogP contribution in [-0.2, 0) is 20.0 Å². The van der Waals surface area contributed by atoms with Gasteiger partial charge >= 0.3 is 0 Å². The zero-order valence-electron chi connectivity index (χ0n) is 27.5. The minimum Gasteiger partial charge on any atom is -0.494 e. The van der Waals surface area contributed by atoms with Gasteiger partial charge in [0, 0.05) is 54.6 Å². The van der Waals surface area contributed by atoms with E-state index in [-0.39, 0.29) is 17.4 Å². The summed E-state index contributed by atoms with van der Waals surface area (Å²) in [7, 11) is 3.71. The van der Waals surface area contributed by atoms with Crippen LogP contribution in [0.3, 0.4) is 0 Å². The Morgan fingerprint density at radius 1 is 1.11 bits per heavy atom. The Morgan fingerprint density at radius 2 is 1.91 bits per heavy atom. The molecule has 0 spiro atoms. The third-order valence-corrected chi connectivity index (χ3v) is 10.7. The Labute approximate surface area is 271 Å². The molecule has 1 aliphatic heterocycles. The summed E-state index contributed by atoms with van der Waals surface area (Å²) < 4.78 is 10.4. The van der Waals surface area contributed by atoms with Crippen molar-refractivity contribution in [1.29, 1.82) is 0 Å². The van der Waals surface area contributed by atoms with Crippen LogP contribution in [0.2, 0.25) is 0 Å². The monoisotopic (exact) mass is 615 g/mol. The quantitative estimate of drug-likeness (QED) is 0.167. The molecule has 7 nitrogen and oxygen atoms in total. The third-order valence-electron chi connectivity index (χ3n) is 10.7. The maximum Gasteiger partial charge on any atom is 0.254 e. The first-order chi connectivity index (χ1) is 22.4. The molecule has 0 bridgehead atoms. The van der Waals surface area contributed by atoms with E-state index in [1.165, 1.54) is 34.9 Å². The number of rotatable bonds is 11. The lowest BCUT2D eigenvalue weighted by atomic mass is 9.70. The summed E-state index contributed by atoms with van der Waals surface area (Å²) in [5.41, 5.74) is 13.2. The largest absolute Gasteiger partial charge is 0.494 e. The van der Waals surface area contributed by atoms with E-state index < -0.39 is 0 Å². The molecular weight excluding hydrogens is 570 g/mol. The van der Waals surface area contributed by atoms with E-state index in [0.717, 1.165) is 48.4 Å². The van der Waals surface area contributed by atoms with E-state index in [1.54, 1.807) is 7.11 Å². The molecule has 0 radical (unpaired) electrons. The Morgan fingerprint density at radius 3 is 2.61 bits per heavy atom. The number of amides is 1. The van der Waals surface area contributed by atoms with Gasteiger partial charge in [0.15, 0.2) is 5.82 Å². The van der Waals surface area contributed by atoms with Gasteiger partial charge in [0.2, 0.25) is 0 Å². The summed E-state index contributed by atoms with van der Waals surface area (Å²) in [5, 5.41) is 1.21. The van der Waals surface area contributed by atoms with Gasteiger partial charge in [-0.05, 0) is 86.4 Å². The van der Waals surface area contributed by atoms with E-state index >= 15 is 0 Å². The van der Waals surface area contributed by atoms with Crippen molar-refractivity contribution in [2.45, 2.75) is 58.5 Å². The number of nitrogens with two attached hydrogens (primary N) is 1. The molecule has 2 aliphatic rings. The lowest BCUT2D eigenvalue weighted by Gasteiger charge is -2.56. The van der Waals surface area contributed by atoms with Crippen molar-refractivity contribution >= 4 is 33.9 Å². The predicted molar refractivity (Wildman–Crippen MR) is 187 cm³/mol. The fourth-order valence-corrected chi connectivity index (χ4v) is 7.29. The van der Waals surface area contributed by atoms with E-state index in [2.05, 4.69) is 89.7 Å². The van der Waals surface area contributed by atoms with Gasteiger partial charge in [0.1, 0.15) is 11.3 Å². The second-order valence-corrected chi connectivity index (χ2v) is 13.4. The number of allylic oxidation sites excluding steroid dienone is 1. The first-order valence-electron chi connectivity index (χ1n) is 16.8. The van der Waals surface area contributed by atoms with Crippen molar-refractivity contribution in [3.05, 3.63) is 89.5 Å². The standard InChI is InChI=1S/C39H45N5O2/c1-5-39(24-40)25-44(26(39)2)38(45)31-20-32-36(35(22-31)46-4)42(3)37(41-32)34-21-30-19-28(14-10-9-13-27-11-7-6-8-12-27)17-18-33(30)43(34)23-29-15-16-29/h6-8,10-12,14,17-22,26,29H,5,9,13,15-16,23-25,40H2,1-4H3/b14-10+/t26?,39-/m1/s1. The Balaban J connectivity index is 1.22. The molecule has 7 heteroatoms. The van der Waals surface area contributed by atoms with E-state index in [9.17, 15) is 4.79 Å². The molecule has 1 saturated heterocycles. The number of likely N-dealkylation sites (tertiary alicyclic amines) is 1. The molecule has 46 heavy (non-hydrogen) atoms. The topological polar surface area (TPSA) is 78.3 Å². The van der Waals surface area contributed by atoms with Crippen LogP contribution in [0.25, 0.3) is 39.5 Å². The molecule has 1 saturated carbocycles. The minimum absolute atomic E-state index is 0.00428. The summed E-state index contributed by atoms with van der Waals surface area (Å²) in [6, 6.07) is 23.6. The molecule has 1 amide bonds. The Kier molecular flexibility index (Phi) is 7.97. The van der Waals surface area contributed by atoms with Crippen molar-refractivity contribution < 1.29 is 9.53 Å². The van der Waals surface area contributed by atoms with Gasteiger partial charge in [-0.1, -0.05) is 55.5 Å². The molecule has 3 heterocycles. The highest BCUT2D eigenvalue weighted by molar-refractivity contribution is 6.01. The number of imidazole rings is 1. The molecule has 7 rings (SSSR count). The average Bonchev–Trinajstić information content (AvgIpc) is 3.75. The van der Waals surface area contributed by atoms with E-state index in [1.807, 2.05) is 24.1 Å². The number of aromatic nitrogens is 3. The third kappa shape index (κ3) is 5.30. The highest BCUT2D eigenvalue weighted by Crippen LogP contribution is 2.42. The summed E-state index contributed by atoms with van der Waals surface area (Å²) in [6.45, 7) is 6.50. The molecule has 2 aromatic heterocycles. The number of hydrogen-bond donors (Lipinski definition) is 1. The van der Waals surface area contributed by atoms with E-state index in [4.69, 9.17) is 15.5 Å². The van der Waals surface area contributed by atoms with Crippen LogP contribution >= 0.6 is 0 Å². The number of hydrogen-bond acceptors (Lipinski definition) is 4. The van der Waals surface area contributed by atoms with Crippen LogP contribution in [0.1, 0.15) is 61.0 Å². The molecule has 3 aromatic carbocycles. The number of methoxy groups -OCH3 is 1. The average molecular weight is 616 g/mol. The van der Waals surface area contributed by atoms with Crippen molar-refractivity contribution in [2.24, 2.45) is 24.1 Å². The second kappa shape index (κ2) is 12.1. The van der Waals surface area contributed by atoms with Gasteiger partial charge in [0.05, 0.1) is 18.3 Å². The molecule has 1 aliphatic carbocycles. The fourth-order valence-electron chi connectivity index (χ4n) is 7.29. The van der Waals surface area contributed by atoms with Gasteiger partial charge in [-0.25, -0.2) is 4.98 Å². The minimum atomic E-state index is -0.00516. The lowest BCUT2D eigenvalue weighted by Crippen LogP contribution is -2.67. The van der Waals surface area contributed by atoms with Gasteiger partial charge in [-0.3, -0.25) is 4.79 Å². The molecule has 1 unspecified atom stereocenters. The van der Waals surface area contributed by atoms with Crippen molar-refractivity contribution in [1.82, 2.24) is 19.0 Å². The maximum absolute atomic E-state index is 13.7. The Bertz CT molecular complexity index is 1930. The van der Waals surface area contributed by atoms with Crippen LogP contribution in [0.15, 0.2) is 72.8 Å². The number of carbonyl (C=O) groups excluding carboxylic acids is 1. The molecule has 5 aromatic rings. The zero-order valence-corrected chi connectivity index (χ0v) is 27.5. The molecule has 2 N–H and O–H groups in total. The normalized spacial score (nSPS) is 19.8. The smallest absolute Gasteiger partial charge is 0.254 e. The highest BCUT2D eigenvalue weighted by Gasteiger charge is 2.50. The molecule has 2 fully saturated rings. The summed E-state index contributed by atoms with van der Waals surface area (Å²) in [5.74, 6) is 2.23. The first kappa shape index (κ1) is 30.3. The van der Waals surface area contributed by atoms with E-state index in [0.29, 0.717) is 30.3 Å². The maximum atomic E-state index is 13.7. The summed E-state index contributed by atoms with van der Waals surface area (Å²) in [4.78, 5) is 20.8. The number of aryl methyl sites for hydroxylation is 2. The van der Waals surface area contributed by atoms with Crippen molar-refractivity contribution in [3.63, 3.8) is 0 Å². The molecular formula is C39H45N5O2. The van der Waals surface area contributed by atoms with Gasteiger partial charge < -0.3 is 24.5 Å². The SMILES string of the molecule is CC[C@@]1(CN)CN(C(=O)c2cc(OC)c3c(c2)nc(-c2cc4cc(/C=C/CCc5ccccc5)ccc4n2CC2CC2)n3C)C1C. The highest BCUT2D eigenvalue weighted by atomic mass is 16.5. The fraction of sp³-hybridized carbons (Fsp3) is 0.385. The van der Waals surface area contributed by atoms with Gasteiger partial charge in [-0.2, -0.15) is 0 Å². The van der Waals surface area contributed by atoms with Crippen LogP contribution in [-0.4, -0.2) is 51.2 Å². The molecule has 238 valence electrons. The zero-order chi connectivity index (χ0) is 32.0. The predicted octanol–water partition coefficient (Wildman–Crippen LogP) is 7.46. The van der Waals surface area contributed by atoms with Crippen LogP contribution < -0.4 is 10.5 Å². The van der Waals surface area contributed by atoms with Gasteiger partial charge in [-0.15, -0.1) is 0 Å². The number of ether oxygens (including phenoxy) is 1. The summed E-state index contributed by atoms with van der Waals surface area (Å²) in [6.07, 6.45) is 10.0. The Hall–Kier alpha value is -4.36. The van der Waals surface area contributed by atoms with Gasteiger partial charge in [0.25, 0.3) is 5.91 Å². The number of carbonyl (C=O) groups is 1. The van der Waals surface area contributed by atoms with Crippen molar-refractivity contribution in [2.75, 3.05) is 20.2 Å². The van der Waals surface area contributed by atoms with Crippen LogP contribution in [0.4, 0.5) is 0 Å². The number of benzene rings is 3. The second-order valence-electron chi connectivity index (χ2n) is 13.4. The molecule has 2 atom stereocenters. The van der Waals surface area contributed by atoms with Crippen LogP contribution in [0.5, 0.6) is 5.75 Å². The summed E-state index contributed by atoms with van der Waals surface area (Å²) >= 11 is 0. The van der Waals surface area contributed by atoms with Crippen molar-refractivity contribution in [3.8, 4) is 17.3 Å². The van der Waals surface area contributed by atoms with Crippen LogP contribution in [0, 0.1) is 11.3 Å². The first-order valence-corrected chi connectivity index (χ1v) is 16.8. The lowest BCUT2D eigenvalue weighted by molar-refractivity contribution is -0.0403.